The van der Waals surface area contributed by atoms with Gasteiger partial charge in [0, 0.05) is 16.2 Å². The molecule has 0 spiro atoms. The first kappa shape index (κ1) is 13.3. The van der Waals surface area contributed by atoms with Crippen LogP contribution in [0.5, 0.6) is 0 Å². The molecule has 0 aromatic heterocycles. The van der Waals surface area contributed by atoms with Gasteiger partial charge in [0.2, 0.25) is 0 Å². The van der Waals surface area contributed by atoms with Crippen LogP contribution in [0.2, 0.25) is 0 Å². The fourth-order valence-electron chi connectivity index (χ4n) is 2.38. The molecule has 94 valence electrons. The summed E-state index contributed by atoms with van der Waals surface area (Å²) in [6, 6.07) is 8.83. The predicted molar refractivity (Wildman–Crippen MR) is 78.9 cm³/mol. The van der Waals surface area contributed by atoms with Crippen molar-refractivity contribution in [3.63, 3.8) is 0 Å². The molecule has 1 fully saturated rings. The highest BCUT2D eigenvalue weighted by Gasteiger charge is 2.20. The average Bonchev–Trinajstić information content (AvgIpc) is 2.54. The molecule has 0 aliphatic heterocycles. The van der Waals surface area contributed by atoms with E-state index in [0.717, 1.165) is 19.4 Å². The molecule has 17 heavy (non-hydrogen) atoms. The van der Waals surface area contributed by atoms with Gasteiger partial charge in [-0.05, 0) is 53.1 Å². The summed E-state index contributed by atoms with van der Waals surface area (Å²) >= 11 is 2.32. The van der Waals surface area contributed by atoms with Crippen molar-refractivity contribution < 1.29 is 5.11 Å². The number of nitrogens with one attached hydrogen (secondary N) is 1. The molecule has 1 aromatic rings. The van der Waals surface area contributed by atoms with E-state index in [-0.39, 0.29) is 12.1 Å². The van der Waals surface area contributed by atoms with Crippen LogP contribution in [-0.2, 0) is 6.54 Å². The van der Waals surface area contributed by atoms with E-state index in [4.69, 9.17) is 0 Å². The van der Waals surface area contributed by atoms with Gasteiger partial charge in [0.15, 0.2) is 0 Å². The van der Waals surface area contributed by atoms with E-state index < -0.39 is 0 Å². The molecular weight excluding hydrogens is 325 g/mol. The van der Waals surface area contributed by atoms with Crippen LogP contribution in [0.25, 0.3) is 0 Å². The normalized spacial score (nSPS) is 25.5. The third kappa shape index (κ3) is 4.23. The second-order valence-electron chi connectivity index (χ2n) is 4.82. The van der Waals surface area contributed by atoms with Crippen molar-refractivity contribution in [3.05, 3.63) is 33.4 Å². The fraction of sp³-hybridized carbons (Fsp3) is 0.571. The summed E-state index contributed by atoms with van der Waals surface area (Å²) in [5.41, 5.74) is 1.29. The number of aliphatic hydroxyl groups is 1. The van der Waals surface area contributed by atoms with Crippen LogP contribution in [0.1, 0.15) is 37.7 Å². The molecule has 0 radical (unpaired) electrons. The van der Waals surface area contributed by atoms with Gasteiger partial charge in [0.05, 0.1) is 6.10 Å². The highest BCUT2D eigenvalue weighted by Crippen LogP contribution is 2.18. The third-order valence-corrected chi connectivity index (χ3v) is 4.18. The van der Waals surface area contributed by atoms with Crippen LogP contribution in [0.4, 0.5) is 0 Å². The Kier molecular flexibility index (Phi) is 5.25. The van der Waals surface area contributed by atoms with E-state index in [2.05, 4.69) is 52.2 Å². The van der Waals surface area contributed by atoms with Gasteiger partial charge >= 0.3 is 0 Å². The minimum atomic E-state index is -0.165. The van der Waals surface area contributed by atoms with E-state index in [9.17, 15) is 5.11 Å². The van der Waals surface area contributed by atoms with Gasteiger partial charge in [-0.15, -0.1) is 0 Å². The first-order chi connectivity index (χ1) is 8.25. The summed E-state index contributed by atoms with van der Waals surface area (Å²) in [5.74, 6) is 0. The van der Waals surface area contributed by atoms with Crippen molar-refractivity contribution in [1.29, 1.82) is 0 Å². The number of hydrogen-bond acceptors (Lipinski definition) is 2. The highest BCUT2D eigenvalue weighted by molar-refractivity contribution is 14.1. The number of aliphatic hydroxyl groups excluding tert-OH is 1. The number of benzene rings is 1. The van der Waals surface area contributed by atoms with Crippen LogP contribution < -0.4 is 5.32 Å². The van der Waals surface area contributed by atoms with Gasteiger partial charge in [0.25, 0.3) is 0 Å². The van der Waals surface area contributed by atoms with Crippen LogP contribution in [-0.4, -0.2) is 17.3 Å². The van der Waals surface area contributed by atoms with E-state index in [1.807, 2.05) is 0 Å². The maximum absolute atomic E-state index is 10.0. The van der Waals surface area contributed by atoms with E-state index in [0.29, 0.717) is 0 Å². The van der Waals surface area contributed by atoms with Crippen molar-refractivity contribution in [3.8, 4) is 0 Å². The van der Waals surface area contributed by atoms with Gasteiger partial charge in [-0.3, -0.25) is 0 Å². The zero-order valence-corrected chi connectivity index (χ0v) is 12.2. The Bertz CT molecular complexity index is 339. The Hall–Kier alpha value is -0.130. The molecule has 0 bridgehead atoms. The topological polar surface area (TPSA) is 32.3 Å². The van der Waals surface area contributed by atoms with Gasteiger partial charge in [-0.25, -0.2) is 0 Å². The Morgan fingerprint density at radius 2 is 1.82 bits per heavy atom. The van der Waals surface area contributed by atoms with Gasteiger partial charge < -0.3 is 10.4 Å². The van der Waals surface area contributed by atoms with Gasteiger partial charge in [0.1, 0.15) is 0 Å². The van der Waals surface area contributed by atoms with Crippen LogP contribution in [0, 0.1) is 3.57 Å². The Labute approximate surface area is 117 Å². The van der Waals surface area contributed by atoms with Crippen LogP contribution in [0.15, 0.2) is 24.3 Å². The quantitative estimate of drug-likeness (QED) is 0.652. The molecule has 3 heteroatoms. The molecule has 2 rings (SSSR count). The maximum atomic E-state index is 10.0. The highest BCUT2D eigenvalue weighted by atomic mass is 127. The second-order valence-corrected chi connectivity index (χ2v) is 6.06. The SMILES string of the molecule is OC1CCCCCC1NCc1ccc(I)cc1. The second kappa shape index (κ2) is 6.71. The van der Waals surface area contributed by atoms with Crippen LogP contribution >= 0.6 is 22.6 Å². The number of hydrogen-bond donors (Lipinski definition) is 2. The molecule has 0 saturated heterocycles. The third-order valence-electron chi connectivity index (χ3n) is 3.46. The monoisotopic (exact) mass is 345 g/mol. The Balaban J connectivity index is 1.85. The first-order valence-corrected chi connectivity index (χ1v) is 7.49. The van der Waals surface area contributed by atoms with Gasteiger partial charge in [-0.1, -0.05) is 31.4 Å². The Morgan fingerprint density at radius 1 is 1.12 bits per heavy atom. The summed E-state index contributed by atoms with van der Waals surface area (Å²) in [5, 5.41) is 13.5. The van der Waals surface area contributed by atoms with Crippen LogP contribution in [0.3, 0.4) is 0 Å². The molecule has 0 amide bonds. The van der Waals surface area contributed by atoms with Crippen molar-refractivity contribution in [1.82, 2.24) is 5.32 Å². The van der Waals surface area contributed by atoms with Gasteiger partial charge in [-0.2, -0.15) is 0 Å². The molecule has 1 aliphatic rings. The zero-order valence-electron chi connectivity index (χ0n) is 10.0. The largest absolute Gasteiger partial charge is 0.392 e. The molecule has 2 atom stereocenters. The first-order valence-electron chi connectivity index (χ1n) is 6.41. The van der Waals surface area contributed by atoms with E-state index in [1.165, 1.54) is 28.4 Å². The lowest BCUT2D eigenvalue weighted by Crippen LogP contribution is -2.38. The number of halogens is 1. The Morgan fingerprint density at radius 3 is 2.59 bits per heavy atom. The van der Waals surface area contributed by atoms with E-state index >= 15 is 0 Å². The lowest BCUT2D eigenvalue weighted by atomic mass is 10.1. The molecule has 1 aliphatic carbocycles. The molecule has 0 heterocycles. The molecule has 1 saturated carbocycles. The van der Waals surface area contributed by atoms with Crippen molar-refractivity contribution in [2.24, 2.45) is 0 Å². The average molecular weight is 345 g/mol. The summed E-state index contributed by atoms with van der Waals surface area (Å²) in [6.45, 7) is 0.860. The standard InChI is InChI=1S/C14H20INO/c15-12-8-6-11(7-9-12)10-16-13-4-2-1-3-5-14(13)17/h6-9,13-14,16-17H,1-5,10H2. The molecule has 2 nitrogen and oxygen atoms in total. The van der Waals surface area contributed by atoms with E-state index in [1.54, 1.807) is 0 Å². The minimum Gasteiger partial charge on any atom is -0.392 e. The molecule has 2 N–H and O–H groups in total. The van der Waals surface area contributed by atoms with Crippen molar-refractivity contribution in [2.75, 3.05) is 0 Å². The molecule has 2 unspecified atom stereocenters. The maximum Gasteiger partial charge on any atom is 0.0693 e. The lowest BCUT2D eigenvalue weighted by Gasteiger charge is -2.21. The zero-order chi connectivity index (χ0) is 12.1. The minimum absolute atomic E-state index is 0.165. The molecule has 1 aromatic carbocycles. The number of rotatable bonds is 3. The molecular formula is C14H20INO. The summed E-state index contributed by atoms with van der Waals surface area (Å²) in [6.07, 6.45) is 5.56. The smallest absolute Gasteiger partial charge is 0.0693 e. The summed E-state index contributed by atoms with van der Waals surface area (Å²) in [4.78, 5) is 0. The summed E-state index contributed by atoms with van der Waals surface area (Å²) < 4.78 is 1.26. The lowest BCUT2D eigenvalue weighted by molar-refractivity contribution is 0.119. The van der Waals surface area contributed by atoms with Crippen molar-refractivity contribution >= 4 is 22.6 Å². The fourth-order valence-corrected chi connectivity index (χ4v) is 2.74. The summed E-state index contributed by atoms with van der Waals surface area (Å²) in [7, 11) is 0. The van der Waals surface area contributed by atoms with Crippen molar-refractivity contribution in [2.45, 2.75) is 50.8 Å². The predicted octanol–water partition coefficient (Wildman–Crippen LogP) is 3.07.